The van der Waals surface area contributed by atoms with Gasteiger partial charge in [-0.05, 0) is 18.8 Å². The van der Waals surface area contributed by atoms with Gasteiger partial charge >= 0.3 is 0 Å². The first-order chi connectivity index (χ1) is 4.56. The topological polar surface area (TPSA) is 34.1 Å². The third kappa shape index (κ3) is 1.34. The fourth-order valence-electron chi connectivity index (χ4n) is 1.62. The molecular formula is C7H14O2S. The molecular weight excluding hydrogens is 148 g/mol. The van der Waals surface area contributed by atoms with Gasteiger partial charge in [0.25, 0.3) is 0 Å². The third-order valence-electron chi connectivity index (χ3n) is 2.15. The highest BCUT2D eigenvalue weighted by Gasteiger charge is 2.34. The normalized spacial score (nSPS) is 38.2. The van der Waals surface area contributed by atoms with E-state index in [1.54, 1.807) is 0 Å². The van der Waals surface area contributed by atoms with Crippen LogP contribution in [0.25, 0.3) is 0 Å². The summed E-state index contributed by atoms with van der Waals surface area (Å²) < 4.78 is 22.4. The molecule has 0 N–H and O–H groups in total. The van der Waals surface area contributed by atoms with Crippen LogP contribution in [0.15, 0.2) is 0 Å². The van der Waals surface area contributed by atoms with Crippen LogP contribution in [0.3, 0.4) is 0 Å². The van der Waals surface area contributed by atoms with E-state index in [2.05, 4.69) is 0 Å². The molecule has 2 nitrogen and oxygen atoms in total. The maximum absolute atomic E-state index is 11.2. The highest BCUT2D eigenvalue weighted by molar-refractivity contribution is 7.92. The van der Waals surface area contributed by atoms with Crippen LogP contribution in [0.5, 0.6) is 0 Å². The Labute approximate surface area is 62.5 Å². The second kappa shape index (κ2) is 2.53. The summed E-state index contributed by atoms with van der Waals surface area (Å²) in [6.45, 7) is 3.95. The summed E-state index contributed by atoms with van der Waals surface area (Å²) in [6.07, 6.45) is 1.66. The molecule has 0 aromatic heterocycles. The first kappa shape index (κ1) is 8.05. The van der Waals surface area contributed by atoms with E-state index in [4.69, 9.17) is 0 Å². The van der Waals surface area contributed by atoms with Crippen molar-refractivity contribution in [3.05, 3.63) is 0 Å². The zero-order valence-corrected chi connectivity index (χ0v) is 7.32. The lowest BCUT2D eigenvalue weighted by Gasteiger charge is -2.02. The average molecular weight is 162 g/mol. The largest absolute Gasteiger partial charge is 0.229 e. The molecule has 0 spiro atoms. The first-order valence-electron chi connectivity index (χ1n) is 3.78. The number of hydrogen-bond acceptors (Lipinski definition) is 2. The van der Waals surface area contributed by atoms with Gasteiger partial charge in [-0.3, -0.25) is 0 Å². The van der Waals surface area contributed by atoms with E-state index in [0.717, 1.165) is 12.8 Å². The van der Waals surface area contributed by atoms with Gasteiger partial charge < -0.3 is 0 Å². The predicted molar refractivity (Wildman–Crippen MR) is 41.6 cm³/mol. The molecule has 60 valence electrons. The van der Waals surface area contributed by atoms with Crippen LogP contribution < -0.4 is 0 Å². The molecule has 0 saturated carbocycles. The van der Waals surface area contributed by atoms with Gasteiger partial charge in [-0.15, -0.1) is 0 Å². The van der Waals surface area contributed by atoms with Gasteiger partial charge in [-0.2, -0.15) is 0 Å². The van der Waals surface area contributed by atoms with Crippen LogP contribution in [0.1, 0.15) is 26.7 Å². The molecule has 1 rings (SSSR count). The molecule has 0 aromatic carbocycles. The molecule has 2 atom stereocenters. The minimum atomic E-state index is -2.69. The molecule has 1 fully saturated rings. The lowest BCUT2D eigenvalue weighted by molar-refractivity contribution is 0.580. The zero-order valence-electron chi connectivity index (χ0n) is 6.50. The van der Waals surface area contributed by atoms with Crippen LogP contribution in [0.4, 0.5) is 0 Å². The van der Waals surface area contributed by atoms with E-state index in [9.17, 15) is 8.42 Å². The summed E-state index contributed by atoms with van der Waals surface area (Å²) in [7, 11) is -2.69. The van der Waals surface area contributed by atoms with Crippen molar-refractivity contribution in [3.8, 4) is 0 Å². The number of rotatable bonds is 1. The summed E-state index contributed by atoms with van der Waals surface area (Å²) >= 11 is 0. The van der Waals surface area contributed by atoms with Gasteiger partial charge in [0.15, 0.2) is 9.84 Å². The molecule has 10 heavy (non-hydrogen) atoms. The lowest BCUT2D eigenvalue weighted by Crippen LogP contribution is -2.13. The van der Waals surface area contributed by atoms with Gasteiger partial charge in [0.05, 0.1) is 11.0 Å². The molecule has 2 unspecified atom stereocenters. The van der Waals surface area contributed by atoms with E-state index in [0.29, 0.717) is 11.7 Å². The SMILES string of the molecule is CCC1CC(C)CS1(=O)=O. The molecule has 0 amide bonds. The van der Waals surface area contributed by atoms with Crippen molar-refractivity contribution in [2.24, 2.45) is 5.92 Å². The Hall–Kier alpha value is -0.0500. The monoisotopic (exact) mass is 162 g/mol. The zero-order chi connectivity index (χ0) is 7.78. The summed E-state index contributed by atoms with van der Waals surface area (Å²) in [5, 5.41) is -0.0394. The molecule has 3 heteroatoms. The minimum Gasteiger partial charge on any atom is -0.229 e. The number of hydrogen-bond donors (Lipinski definition) is 0. The lowest BCUT2D eigenvalue weighted by atomic mass is 10.1. The fourth-order valence-corrected chi connectivity index (χ4v) is 3.95. The van der Waals surface area contributed by atoms with Gasteiger partial charge in [0.1, 0.15) is 0 Å². The average Bonchev–Trinajstić information content (AvgIpc) is 2.04. The van der Waals surface area contributed by atoms with E-state index in [1.807, 2.05) is 13.8 Å². The second-order valence-corrected chi connectivity index (χ2v) is 5.53. The Balaban J connectivity index is 2.78. The molecule has 1 saturated heterocycles. The second-order valence-electron chi connectivity index (χ2n) is 3.20. The van der Waals surface area contributed by atoms with Crippen molar-refractivity contribution < 1.29 is 8.42 Å². The van der Waals surface area contributed by atoms with Crippen molar-refractivity contribution in [2.75, 3.05) is 5.75 Å². The Morgan fingerprint density at radius 3 is 2.30 bits per heavy atom. The van der Waals surface area contributed by atoms with Gasteiger partial charge in [0, 0.05) is 0 Å². The van der Waals surface area contributed by atoms with Crippen molar-refractivity contribution in [1.82, 2.24) is 0 Å². The minimum absolute atomic E-state index is 0.0394. The summed E-state index contributed by atoms with van der Waals surface area (Å²) in [4.78, 5) is 0. The van der Waals surface area contributed by atoms with E-state index in [1.165, 1.54) is 0 Å². The van der Waals surface area contributed by atoms with E-state index in [-0.39, 0.29) is 5.25 Å². The highest BCUT2D eigenvalue weighted by Crippen LogP contribution is 2.26. The summed E-state index contributed by atoms with van der Waals surface area (Å²) in [5.74, 6) is 0.792. The Morgan fingerprint density at radius 2 is 2.10 bits per heavy atom. The number of sulfone groups is 1. The Bertz CT molecular complexity index is 206. The molecule has 0 bridgehead atoms. The van der Waals surface area contributed by atoms with Gasteiger partial charge in [0.2, 0.25) is 0 Å². The fraction of sp³-hybridized carbons (Fsp3) is 1.00. The standard InChI is InChI=1S/C7H14O2S/c1-3-7-4-6(2)5-10(7,8)9/h6-7H,3-5H2,1-2H3. The molecule has 1 aliphatic heterocycles. The quantitative estimate of drug-likeness (QED) is 0.581. The van der Waals surface area contributed by atoms with E-state index < -0.39 is 9.84 Å². The summed E-state index contributed by atoms with van der Waals surface area (Å²) in [5.41, 5.74) is 0. The van der Waals surface area contributed by atoms with Crippen LogP contribution in [0.2, 0.25) is 0 Å². The Morgan fingerprint density at radius 1 is 1.50 bits per heavy atom. The van der Waals surface area contributed by atoms with Crippen LogP contribution in [-0.4, -0.2) is 19.4 Å². The maximum atomic E-state index is 11.2. The predicted octanol–water partition coefficient (Wildman–Crippen LogP) is 1.22. The molecule has 0 radical (unpaired) electrons. The van der Waals surface area contributed by atoms with E-state index >= 15 is 0 Å². The van der Waals surface area contributed by atoms with Crippen LogP contribution >= 0.6 is 0 Å². The van der Waals surface area contributed by atoms with Gasteiger partial charge in [-0.1, -0.05) is 13.8 Å². The highest BCUT2D eigenvalue weighted by atomic mass is 32.2. The van der Waals surface area contributed by atoms with Crippen molar-refractivity contribution in [1.29, 1.82) is 0 Å². The van der Waals surface area contributed by atoms with Crippen molar-refractivity contribution in [2.45, 2.75) is 31.9 Å². The van der Waals surface area contributed by atoms with Crippen LogP contribution in [-0.2, 0) is 9.84 Å². The Kier molecular flexibility index (Phi) is 2.04. The summed E-state index contributed by atoms with van der Waals surface area (Å²) in [6, 6.07) is 0. The molecule has 0 aromatic rings. The molecule has 0 aliphatic carbocycles. The van der Waals surface area contributed by atoms with Crippen molar-refractivity contribution in [3.63, 3.8) is 0 Å². The molecule has 1 heterocycles. The third-order valence-corrected chi connectivity index (χ3v) is 4.72. The smallest absolute Gasteiger partial charge is 0.153 e. The first-order valence-corrected chi connectivity index (χ1v) is 5.49. The maximum Gasteiger partial charge on any atom is 0.153 e. The van der Waals surface area contributed by atoms with Crippen molar-refractivity contribution >= 4 is 9.84 Å². The van der Waals surface area contributed by atoms with Crippen LogP contribution in [0, 0.1) is 5.92 Å². The molecule has 1 aliphatic rings. The van der Waals surface area contributed by atoms with Gasteiger partial charge in [-0.25, -0.2) is 8.42 Å².